The predicted octanol–water partition coefficient (Wildman–Crippen LogP) is 7.13. The summed E-state index contributed by atoms with van der Waals surface area (Å²) < 4.78 is 6.21. The van der Waals surface area contributed by atoms with Gasteiger partial charge in [0.15, 0.2) is 0 Å². The van der Waals surface area contributed by atoms with Crippen molar-refractivity contribution in [2.24, 2.45) is 0 Å². The van der Waals surface area contributed by atoms with Crippen LogP contribution in [-0.4, -0.2) is 0 Å². The van der Waals surface area contributed by atoms with Crippen LogP contribution in [0.5, 0.6) is 0 Å². The molecule has 0 atom stereocenters. The molecular weight excluding hydrogens is 280 g/mol. The number of hydrogen-bond donors (Lipinski definition) is 0. The maximum Gasteiger partial charge on any atom is 0.135 e. The molecule has 0 saturated heterocycles. The minimum Gasteiger partial charge on any atom is -0.456 e. The van der Waals surface area contributed by atoms with E-state index < -0.39 is 0 Å². The molecule has 0 aliphatic heterocycles. The third-order valence-corrected chi connectivity index (χ3v) is 4.79. The van der Waals surface area contributed by atoms with E-state index in [1.54, 1.807) is 0 Å². The number of benzene rings is 2. The Morgan fingerprint density at radius 1 is 0.739 bits per heavy atom. The van der Waals surface area contributed by atoms with Crippen molar-refractivity contribution in [3.8, 4) is 0 Å². The van der Waals surface area contributed by atoms with E-state index in [2.05, 4.69) is 78.8 Å². The first kappa shape index (κ1) is 16.1. The van der Waals surface area contributed by atoms with E-state index >= 15 is 0 Å². The Hall–Kier alpha value is -1.76. The molecule has 0 fully saturated rings. The van der Waals surface area contributed by atoms with Crippen molar-refractivity contribution in [1.82, 2.24) is 0 Å². The molecule has 23 heavy (non-hydrogen) atoms. The zero-order valence-electron chi connectivity index (χ0n) is 15.4. The normalized spacial score (nSPS) is 12.9. The zero-order valence-corrected chi connectivity index (χ0v) is 15.4. The lowest BCUT2D eigenvalue weighted by molar-refractivity contribution is 0.587. The predicted molar refractivity (Wildman–Crippen MR) is 101 cm³/mol. The summed E-state index contributed by atoms with van der Waals surface area (Å²) in [6.07, 6.45) is 0. The van der Waals surface area contributed by atoms with Gasteiger partial charge in [0, 0.05) is 10.8 Å². The van der Waals surface area contributed by atoms with E-state index in [1.807, 2.05) is 0 Å². The van der Waals surface area contributed by atoms with Crippen molar-refractivity contribution in [2.75, 3.05) is 0 Å². The molecule has 0 N–H and O–H groups in total. The second kappa shape index (κ2) is 5.40. The SMILES string of the molecule is CC(C)c1cc2oc3cc(C(C)(C)C)ccc3c2cc1C(C)C. The van der Waals surface area contributed by atoms with Crippen LogP contribution in [0, 0.1) is 0 Å². The van der Waals surface area contributed by atoms with Gasteiger partial charge in [-0.1, -0.05) is 60.6 Å². The van der Waals surface area contributed by atoms with E-state index in [9.17, 15) is 0 Å². The van der Waals surface area contributed by atoms with Crippen LogP contribution in [0.2, 0.25) is 0 Å². The molecule has 3 aromatic rings. The van der Waals surface area contributed by atoms with Gasteiger partial charge in [0.2, 0.25) is 0 Å². The first-order valence-electron chi connectivity index (χ1n) is 8.69. The molecule has 1 heteroatoms. The summed E-state index contributed by atoms with van der Waals surface area (Å²) >= 11 is 0. The highest BCUT2D eigenvalue weighted by atomic mass is 16.3. The van der Waals surface area contributed by atoms with Gasteiger partial charge in [-0.25, -0.2) is 0 Å². The van der Waals surface area contributed by atoms with Gasteiger partial charge in [0.25, 0.3) is 0 Å². The van der Waals surface area contributed by atoms with Crippen molar-refractivity contribution < 1.29 is 4.42 Å². The lowest BCUT2D eigenvalue weighted by Gasteiger charge is -2.18. The molecule has 1 nitrogen and oxygen atoms in total. The quantitative estimate of drug-likeness (QED) is 0.490. The molecule has 122 valence electrons. The Labute approximate surface area is 139 Å². The molecule has 0 spiro atoms. The van der Waals surface area contributed by atoms with Gasteiger partial charge >= 0.3 is 0 Å². The van der Waals surface area contributed by atoms with Crippen LogP contribution in [-0.2, 0) is 5.41 Å². The van der Waals surface area contributed by atoms with Crippen molar-refractivity contribution in [3.63, 3.8) is 0 Å². The molecule has 0 aliphatic carbocycles. The highest BCUT2D eigenvalue weighted by molar-refractivity contribution is 6.05. The smallest absolute Gasteiger partial charge is 0.135 e. The number of fused-ring (bicyclic) bond motifs is 3. The van der Waals surface area contributed by atoms with Gasteiger partial charge in [-0.2, -0.15) is 0 Å². The monoisotopic (exact) mass is 308 g/mol. The summed E-state index contributed by atoms with van der Waals surface area (Å²) in [5.41, 5.74) is 6.32. The fourth-order valence-corrected chi connectivity index (χ4v) is 3.32. The van der Waals surface area contributed by atoms with Gasteiger partial charge in [-0.3, -0.25) is 0 Å². The van der Waals surface area contributed by atoms with Gasteiger partial charge in [0.1, 0.15) is 11.2 Å². The number of furan rings is 1. The highest BCUT2D eigenvalue weighted by Crippen LogP contribution is 2.37. The molecular formula is C22H28O. The summed E-state index contributed by atoms with van der Waals surface area (Å²) in [7, 11) is 0. The summed E-state index contributed by atoms with van der Waals surface area (Å²) in [5, 5.41) is 2.47. The van der Waals surface area contributed by atoms with Crippen LogP contribution in [0.25, 0.3) is 21.9 Å². The van der Waals surface area contributed by atoms with Crippen molar-refractivity contribution in [2.45, 2.75) is 65.7 Å². The molecule has 0 amide bonds. The standard InChI is InChI=1S/C22H28O/c1-13(2)17-11-19-16-9-8-15(22(5,6)7)10-20(16)23-21(19)12-18(17)14(3)4/h8-14H,1-7H3. The van der Waals surface area contributed by atoms with Gasteiger partial charge in [-0.05, 0) is 52.1 Å². The molecule has 0 radical (unpaired) electrons. The number of hydrogen-bond acceptors (Lipinski definition) is 1. The Balaban J connectivity index is 2.31. The number of rotatable bonds is 2. The van der Waals surface area contributed by atoms with Crippen LogP contribution in [0.3, 0.4) is 0 Å². The van der Waals surface area contributed by atoms with Crippen LogP contribution in [0.15, 0.2) is 34.7 Å². The molecule has 0 saturated carbocycles. The lowest BCUT2D eigenvalue weighted by atomic mass is 9.86. The van der Waals surface area contributed by atoms with Crippen LogP contribution >= 0.6 is 0 Å². The lowest BCUT2D eigenvalue weighted by Crippen LogP contribution is -2.10. The fourth-order valence-electron chi connectivity index (χ4n) is 3.32. The fraction of sp³-hybridized carbons (Fsp3) is 0.455. The van der Waals surface area contributed by atoms with Crippen molar-refractivity contribution in [3.05, 3.63) is 47.0 Å². The molecule has 1 heterocycles. The molecule has 3 rings (SSSR count). The molecule has 2 aromatic carbocycles. The van der Waals surface area contributed by atoms with Crippen LogP contribution < -0.4 is 0 Å². The molecule has 0 bridgehead atoms. The van der Waals surface area contributed by atoms with E-state index in [1.165, 1.54) is 27.5 Å². The molecule has 1 aromatic heterocycles. The second-order valence-electron chi connectivity index (χ2n) is 8.35. The Bertz CT molecular complexity index is 857. The van der Waals surface area contributed by atoms with Gasteiger partial charge in [-0.15, -0.1) is 0 Å². The maximum atomic E-state index is 6.21. The maximum absolute atomic E-state index is 6.21. The van der Waals surface area contributed by atoms with E-state index in [-0.39, 0.29) is 5.41 Å². The van der Waals surface area contributed by atoms with Crippen molar-refractivity contribution in [1.29, 1.82) is 0 Å². The largest absolute Gasteiger partial charge is 0.456 e. The summed E-state index contributed by atoms with van der Waals surface area (Å²) in [5.74, 6) is 1.03. The first-order valence-corrected chi connectivity index (χ1v) is 8.69. The van der Waals surface area contributed by atoms with Crippen molar-refractivity contribution >= 4 is 21.9 Å². The third kappa shape index (κ3) is 2.78. The zero-order chi connectivity index (χ0) is 16.9. The van der Waals surface area contributed by atoms with Gasteiger partial charge < -0.3 is 4.42 Å². The average Bonchev–Trinajstić information content (AvgIpc) is 2.81. The summed E-state index contributed by atoms with van der Waals surface area (Å²) in [6.45, 7) is 15.8. The topological polar surface area (TPSA) is 13.1 Å². The highest BCUT2D eigenvalue weighted by Gasteiger charge is 2.18. The minimum absolute atomic E-state index is 0.138. The van der Waals surface area contributed by atoms with E-state index in [0.29, 0.717) is 11.8 Å². The van der Waals surface area contributed by atoms with E-state index in [0.717, 1.165) is 11.2 Å². The third-order valence-electron chi connectivity index (χ3n) is 4.79. The minimum atomic E-state index is 0.138. The van der Waals surface area contributed by atoms with Gasteiger partial charge in [0.05, 0.1) is 0 Å². The second-order valence-corrected chi connectivity index (χ2v) is 8.35. The Morgan fingerprint density at radius 2 is 1.30 bits per heavy atom. The molecule has 0 aliphatic rings. The molecule has 0 unspecified atom stereocenters. The first-order chi connectivity index (χ1) is 10.7. The Morgan fingerprint density at radius 3 is 1.87 bits per heavy atom. The average molecular weight is 308 g/mol. The summed E-state index contributed by atoms with van der Waals surface area (Å²) in [4.78, 5) is 0. The Kier molecular flexibility index (Phi) is 3.78. The van der Waals surface area contributed by atoms with Crippen LogP contribution in [0.4, 0.5) is 0 Å². The van der Waals surface area contributed by atoms with Crippen LogP contribution in [0.1, 0.15) is 77.0 Å². The van der Waals surface area contributed by atoms with E-state index in [4.69, 9.17) is 4.42 Å². The summed E-state index contributed by atoms with van der Waals surface area (Å²) in [6, 6.07) is 11.3.